The third-order valence-electron chi connectivity index (χ3n) is 2.29. The monoisotopic (exact) mass is 224 g/mol. The maximum absolute atomic E-state index is 10.6. The molecule has 1 rings (SSSR count). The standard InChI is InChI=1S/C10H16N4O2/c1-4-5-14(7-10(15)16)6-9-12-11-8(2)13(9)3/h4H,1,5-7H2,2-3H3,(H,15,16). The molecule has 1 aromatic heterocycles. The third kappa shape index (κ3) is 3.16. The summed E-state index contributed by atoms with van der Waals surface area (Å²) < 4.78 is 1.85. The van der Waals surface area contributed by atoms with Crippen molar-refractivity contribution in [3.63, 3.8) is 0 Å². The molecule has 0 aliphatic heterocycles. The summed E-state index contributed by atoms with van der Waals surface area (Å²) in [5.41, 5.74) is 0. The lowest BCUT2D eigenvalue weighted by molar-refractivity contribution is -0.138. The molecule has 88 valence electrons. The van der Waals surface area contributed by atoms with Gasteiger partial charge in [0.15, 0.2) is 0 Å². The lowest BCUT2D eigenvalue weighted by atomic mass is 10.4. The van der Waals surface area contributed by atoms with E-state index in [0.29, 0.717) is 13.1 Å². The van der Waals surface area contributed by atoms with Crippen LogP contribution in [0, 0.1) is 6.92 Å². The van der Waals surface area contributed by atoms with Gasteiger partial charge in [0.1, 0.15) is 11.6 Å². The molecule has 0 bridgehead atoms. The van der Waals surface area contributed by atoms with Gasteiger partial charge < -0.3 is 9.67 Å². The number of hydrogen-bond donors (Lipinski definition) is 1. The van der Waals surface area contributed by atoms with Crippen LogP contribution in [0.5, 0.6) is 0 Å². The minimum atomic E-state index is -0.860. The summed E-state index contributed by atoms with van der Waals surface area (Å²) in [5, 5.41) is 16.7. The Hall–Kier alpha value is -1.69. The van der Waals surface area contributed by atoms with Gasteiger partial charge in [0.05, 0.1) is 13.1 Å². The Kier molecular flexibility index (Phi) is 4.19. The number of carboxylic acid groups (broad SMARTS) is 1. The van der Waals surface area contributed by atoms with E-state index >= 15 is 0 Å². The number of aliphatic carboxylic acids is 1. The minimum Gasteiger partial charge on any atom is -0.480 e. The first kappa shape index (κ1) is 12.4. The first-order valence-electron chi connectivity index (χ1n) is 4.94. The lowest BCUT2D eigenvalue weighted by Crippen LogP contribution is -2.30. The molecule has 0 amide bonds. The molecule has 0 aliphatic carbocycles. The number of carboxylic acids is 1. The second-order valence-corrected chi connectivity index (χ2v) is 3.57. The molecule has 0 spiro atoms. The number of aryl methyl sites for hydroxylation is 1. The van der Waals surface area contributed by atoms with Crippen molar-refractivity contribution in [3.05, 3.63) is 24.3 Å². The summed E-state index contributed by atoms with van der Waals surface area (Å²) in [4.78, 5) is 12.4. The van der Waals surface area contributed by atoms with Crippen LogP contribution in [0.1, 0.15) is 11.6 Å². The van der Waals surface area contributed by atoms with Crippen molar-refractivity contribution in [3.8, 4) is 0 Å². The van der Waals surface area contributed by atoms with E-state index < -0.39 is 5.97 Å². The molecule has 6 heteroatoms. The molecule has 0 saturated carbocycles. The van der Waals surface area contributed by atoms with E-state index in [2.05, 4.69) is 16.8 Å². The molecule has 1 N–H and O–H groups in total. The summed E-state index contributed by atoms with van der Waals surface area (Å²) in [6, 6.07) is 0. The van der Waals surface area contributed by atoms with Gasteiger partial charge in [-0.15, -0.1) is 16.8 Å². The van der Waals surface area contributed by atoms with E-state index in [9.17, 15) is 4.79 Å². The van der Waals surface area contributed by atoms with Gasteiger partial charge in [0.2, 0.25) is 0 Å². The summed E-state index contributed by atoms with van der Waals surface area (Å²) >= 11 is 0. The third-order valence-corrected chi connectivity index (χ3v) is 2.29. The zero-order valence-electron chi connectivity index (χ0n) is 9.55. The Morgan fingerprint density at radius 3 is 2.75 bits per heavy atom. The van der Waals surface area contributed by atoms with Crippen molar-refractivity contribution in [2.75, 3.05) is 13.1 Å². The predicted octanol–water partition coefficient (Wildman–Crippen LogP) is 0.196. The van der Waals surface area contributed by atoms with E-state index in [1.54, 1.807) is 11.0 Å². The summed E-state index contributed by atoms with van der Waals surface area (Å²) in [7, 11) is 1.86. The molecule has 1 heterocycles. The highest BCUT2D eigenvalue weighted by Crippen LogP contribution is 2.02. The van der Waals surface area contributed by atoms with Crippen LogP contribution in [0.3, 0.4) is 0 Å². The van der Waals surface area contributed by atoms with Crippen LogP contribution in [-0.2, 0) is 18.4 Å². The summed E-state index contributed by atoms with van der Waals surface area (Å²) in [5.74, 6) is 0.699. The van der Waals surface area contributed by atoms with Crippen LogP contribution in [0.15, 0.2) is 12.7 Å². The molecule has 0 fully saturated rings. The average Bonchev–Trinajstić information content (AvgIpc) is 2.49. The minimum absolute atomic E-state index is 0.0298. The average molecular weight is 224 g/mol. The summed E-state index contributed by atoms with van der Waals surface area (Å²) in [6.45, 7) is 6.39. The van der Waals surface area contributed by atoms with E-state index in [4.69, 9.17) is 5.11 Å². The van der Waals surface area contributed by atoms with Crippen molar-refractivity contribution in [1.29, 1.82) is 0 Å². The molecule has 1 aromatic rings. The van der Waals surface area contributed by atoms with Gasteiger partial charge in [0.25, 0.3) is 0 Å². The highest BCUT2D eigenvalue weighted by Gasteiger charge is 2.12. The fraction of sp³-hybridized carbons (Fsp3) is 0.500. The van der Waals surface area contributed by atoms with E-state index in [1.165, 1.54) is 0 Å². The fourth-order valence-electron chi connectivity index (χ4n) is 1.35. The summed E-state index contributed by atoms with van der Waals surface area (Å²) in [6.07, 6.45) is 1.67. The SMILES string of the molecule is C=CCN(CC(=O)O)Cc1nnc(C)n1C. The molecule has 0 aromatic carbocycles. The second-order valence-electron chi connectivity index (χ2n) is 3.57. The van der Waals surface area contributed by atoms with Crippen molar-refractivity contribution in [1.82, 2.24) is 19.7 Å². The van der Waals surface area contributed by atoms with Crippen LogP contribution in [0.4, 0.5) is 0 Å². The van der Waals surface area contributed by atoms with Crippen LogP contribution in [-0.4, -0.2) is 43.8 Å². The zero-order valence-corrected chi connectivity index (χ0v) is 9.55. The predicted molar refractivity (Wildman–Crippen MR) is 58.8 cm³/mol. The second kappa shape index (κ2) is 5.41. The van der Waals surface area contributed by atoms with Crippen molar-refractivity contribution in [2.45, 2.75) is 13.5 Å². The molecule has 16 heavy (non-hydrogen) atoms. The van der Waals surface area contributed by atoms with Crippen molar-refractivity contribution < 1.29 is 9.90 Å². The molecular weight excluding hydrogens is 208 g/mol. The Balaban J connectivity index is 2.70. The van der Waals surface area contributed by atoms with Gasteiger partial charge in [-0.25, -0.2) is 0 Å². The van der Waals surface area contributed by atoms with E-state index in [1.807, 2.05) is 18.5 Å². The molecule has 0 unspecified atom stereocenters. The Bertz CT molecular complexity index is 386. The smallest absolute Gasteiger partial charge is 0.317 e. The Labute approximate surface area is 94.2 Å². The normalized spacial score (nSPS) is 10.7. The molecule has 0 saturated heterocycles. The van der Waals surface area contributed by atoms with Gasteiger partial charge in [-0.2, -0.15) is 0 Å². The quantitative estimate of drug-likeness (QED) is 0.699. The van der Waals surface area contributed by atoms with Gasteiger partial charge in [0, 0.05) is 13.6 Å². The maximum atomic E-state index is 10.6. The molecule has 0 radical (unpaired) electrons. The highest BCUT2D eigenvalue weighted by molar-refractivity contribution is 5.69. The fourth-order valence-corrected chi connectivity index (χ4v) is 1.35. The number of hydrogen-bond acceptors (Lipinski definition) is 4. The lowest BCUT2D eigenvalue weighted by Gasteiger charge is -2.17. The molecular formula is C10H16N4O2. The zero-order chi connectivity index (χ0) is 12.1. The Morgan fingerprint density at radius 1 is 1.62 bits per heavy atom. The number of aromatic nitrogens is 3. The number of nitrogens with zero attached hydrogens (tertiary/aromatic N) is 4. The first-order chi connectivity index (χ1) is 7.54. The van der Waals surface area contributed by atoms with Gasteiger partial charge in [-0.1, -0.05) is 6.08 Å². The maximum Gasteiger partial charge on any atom is 0.317 e. The number of carbonyl (C=O) groups is 1. The highest BCUT2D eigenvalue weighted by atomic mass is 16.4. The van der Waals surface area contributed by atoms with E-state index in [-0.39, 0.29) is 6.54 Å². The van der Waals surface area contributed by atoms with E-state index in [0.717, 1.165) is 11.6 Å². The molecule has 0 atom stereocenters. The first-order valence-corrected chi connectivity index (χ1v) is 4.94. The van der Waals surface area contributed by atoms with Gasteiger partial charge in [-0.3, -0.25) is 9.69 Å². The number of rotatable bonds is 6. The topological polar surface area (TPSA) is 71.2 Å². The van der Waals surface area contributed by atoms with Crippen LogP contribution < -0.4 is 0 Å². The van der Waals surface area contributed by atoms with Gasteiger partial charge >= 0.3 is 5.97 Å². The Morgan fingerprint density at radius 2 is 2.31 bits per heavy atom. The van der Waals surface area contributed by atoms with Crippen LogP contribution >= 0.6 is 0 Å². The van der Waals surface area contributed by atoms with Crippen LogP contribution in [0.25, 0.3) is 0 Å². The van der Waals surface area contributed by atoms with Gasteiger partial charge in [-0.05, 0) is 6.92 Å². The van der Waals surface area contributed by atoms with Crippen LogP contribution in [0.2, 0.25) is 0 Å². The molecule has 0 aliphatic rings. The largest absolute Gasteiger partial charge is 0.480 e. The molecule has 6 nitrogen and oxygen atoms in total. The van der Waals surface area contributed by atoms with Crippen molar-refractivity contribution >= 4 is 5.97 Å². The van der Waals surface area contributed by atoms with Crippen molar-refractivity contribution in [2.24, 2.45) is 7.05 Å².